The van der Waals surface area contributed by atoms with Crippen LogP contribution < -0.4 is 0 Å². The molecule has 3 aliphatic rings. The minimum absolute atomic E-state index is 0.0687. The summed E-state index contributed by atoms with van der Waals surface area (Å²) in [6.07, 6.45) is -5.62. The van der Waals surface area contributed by atoms with Crippen LogP contribution in [0.5, 0.6) is 0 Å². The number of hydrogen-bond acceptors (Lipinski definition) is 7. The van der Waals surface area contributed by atoms with Gasteiger partial charge in [0.1, 0.15) is 24.4 Å². The summed E-state index contributed by atoms with van der Waals surface area (Å²) in [5, 5.41) is 38.6. The minimum Gasteiger partial charge on any atom is -0.460 e. The summed E-state index contributed by atoms with van der Waals surface area (Å²) in [7, 11) is 0. The average molecular weight is 330 g/mol. The predicted octanol–water partition coefficient (Wildman–Crippen LogP) is -0.456. The van der Waals surface area contributed by atoms with E-state index in [1.165, 1.54) is 0 Å². The number of rotatable bonds is 2. The Kier molecular flexibility index (Phi) is 4.01. The van der Waals surface area contributed by atoms with Gasteiger partial charge in [-0.1, -0.05) is 20.8 Å². The highest BCUT2D eigenvalue weighted by Gasteiger charge is 2.63. The number of fused-ring (bicyclic) bond motifs is 2. The van der Waals surface area contributed by atoms with Crippen LogP contribution in [0, 0.1) is 16.7 Å². The fourth-order valence-electron chi connectivity index (χ4n) is 4.57. The SMILES string of the molecule is CC1(C)[C@@H]2CC[C@@]1(C)[C@H](OC(=O)[C@H]1O[C@@H](O)[C@@H](O)[C@@H](O)[C@H]1O)C2. The molecule has 4 N–H and O–H groups in total. The van der Waals surface area contributed by atoms with Crippen LogP contribution in [-0.2, 0) is 14.3 Å². The number of ether oxygens (including phenoxy) is 2. The first-order chi connectivity index (χ1) is 10.6. The molecule has 0 unspecified atom stereocenters. The van der Waals surface area contributed by atoms with Crippen molar-refractivity contribution in [1.82, 2.24) is 0 Å². The van der Waals surface area contributed by atoms with Gasteiger partial charge >= 0.3 is 5.97 Å². The molecular formula is C16H26O7. The Bertz CT molecular complexity index is 493. The number of carbonyl (C=O) groups excluding carboxylic acids is 1. The van der Waals surface area contributed by atoms with E-state index in [2.05, 4.69) is 20.8 Å². The second kappa shape index (κ2) is 5.39. The summed E-state index contributed by atoms with van der Waals surface area (Å²) in [6, 6.07) is 0. The zero-order valence-corrected chi connectivity index (χ0v) is 13.7. The normalized spacial score (nSPS) is 51.7. The Labute approximate surface area is 135 Å². The molecule has 0 aromatic rings. The van der Waals surface area contributed by atoms with Gasteiger partial charge in [0.2, 0.25) is 0 Å². The van der Waals surface area contributed by atoms with Crippen molar-refractivity contribution in [2.45, 2.75) is 76.8 Å². The molecule has 0 aromatic heterocycles. The van der Waals surface area contributed by atoms with Crippen molar-refractivity contribution in [2.24, 2.45) is 16.7 Å². The van der Waals surface area contributed by atoms with Crippen LogP contribution in [0.1, 0.15) is 40.0 Å². The van der Waals surface area contributed by atoms with Gasteiger partial charge in [-0.3, -0.25) is 0 Å². The maximum absolute atomic E-state index is 12.4. The Morgan fingerprint density at radius 1 is 1.09 bits per heavy atom. The highest BCUT2D eigenvalue weighted by Crippen LogP contribution is 2.66. The molecule has 0 aromatic carbocycles. The van der Waals surface area contributed by atoms with E-state index in [1.54, 1.807) is 0 Å². The molecule has 1 saturated heterocycles. The van der Waals surface area contributed by atoms with Crippen LogP contribution >= 0.6 is 0 Å². The Balaban J connectivity index is 1.71. The third-order valence-electron chi connectivity index (χ3n) is 6.79. The summed E-state index contributed by atoms with van der Waals surface area (Å²) in [5.74, 6) is -0.322. The van der Waals surface area contributed by atoms with Gasteiger partial charge in [-0.25, -0.2) is 4.79 Å². The lowest BCUT2D eigenvalue weighted by molar-refractivity contribution is -0.283. The van der Waals surface area contributed by atoms with Crippen LogP contribution in [0.4, 0.5) is 0 Å². The number of carbonyl (C=O) groups is 1. The maximum Gasteiger partial charge on any atom is 0.338 e. The first kappa shape index (κ1) is 17.1. The fraction of sp³-hybridized carbons (Fsp3) is 0.938. The van der Waals surface area contributed by atoms with Gasteiger partial charge in [0.25, 0.3) is 0 Å². The van der Waals surface area contributed by atoms with Crippen LogP contribution in [0.25, 0.3) is 0 Å². The molecule has 2 saturated carbocycles. The predicted molar refractivity (Wildman–Crippen MR) is 78.0 cm³/mol. The molecule has 132 valence electrons. The Morgan fingerprint density at radius 2 is 1.74 bits per heavy atom. The monoisotopic (exact) mass is 330 g/mol. The third kappa shape index (κ3) is 2.33. The van der Waals surface area contributed by atoms with E-state index < -0.39 is 36.7 Å². The van der Waals surface area contributed by atoms with E-state index >= 15 is 0 Å². The van der Waals surface area contributed by atoms with Crippen LogP contribution in [-0.4, -0.2) is 63.2 Å². The molecule has 0 amide bonds. The molecule has 0 radical (unpaired) electrons. The van der Waals surface area contributed by atoms with Gasteiger partial charge in [-0.15, -0.1) is 0 Å². The lowest BCUT2D eigenvalue weighted by Gasteiger charge is -2.40. The van der Waals surface area contributed by atoms with Crippen molar-refractivity contribution in [2.75, 3.05) is 0 Å². The molecule has 23 heavy (non-hydrogen) atoms. The van der Waals surface area contributed by atoms with E-state index in [-0.39, 0.29) is 16.9 Å². The molecule has 7 nitrogen and oxygen atoms in total. The number of esters is 1. The van der Waals surface area contributed by atoms with E-state index in [4.69, 9.17) is 9.47 Å². The van der Waals surface area contributed by atoms with Crippen molar-refractivity contribution in [1.29, 1.82) is 0 Å². The highest BCUT2D eigenvalue weighted by molar-refractivity contribution is 5.76. The van der Waals surface area contributed by atoms with E-state index in [9.17, 15) is 25.2 Å². The first-order valence-electron chi connectivity index (χ1n) is 8.18. The van der Waals surface area contributed by atoms with Crippen LogP contribution in [0.15, 0.2) is 0 Å². The molecule has 3 rings (SSSR count). The van der Waals surface area contributed by atoms with E-state index in [1.807, 2.05) is 0 Å². The number of aliphatic hydroxyl groups is 4. The van der Waals surface area contributed by atoms with Gasteiger partial charge in [0.05, 0.1) is 0 Å². The lowest BCUT2D eigenvalue weighted by atomic mass is 9.70. The smallest absolute Gasteiger partial charge is 0.338 e. The second-order valence-corrected chi connectivity index (χ2v) is 7.96. The highest BCUT2D eigenvalue weighted by atomic mass is 16.7. The molecule has 7 heteroatoms. The van der Waals surface area contributed by atoms with E-state index in [0.717, 1.165) is 19.3 Å². The number of aliphatic hydroxyl groups excluding tert-OH is 4. The average Bonchev–Trinajstić information content (AvgIpc) is 2.82. The van der Waals surface area contributed by atoms with Gasteiger partial charge in [0, 0.05) is 5.41 Å². The van der Waals surface area contributed by atoms with Gasteiger partial charge in [0.15, 0.2) is 12.4 Å². The van der Waals surface area contributed by atoms with E-state index in [0.29, 0.717) is 5.92 Å². The molecule has 1 aliphatic heterocycles. The zero-order chi connectivity index (χ0) is 17.2. The second-order valence-electron chi connectivity index (χ2n) is 7.96. The summed E-state index contributed by atoms with van der Waals surface area (Å²) < 4.78 is 10.5. The summed E-state index contributed by atoms with van der Waals surface area (Å²) in [5.41, 5.74) is -0.0666. The maximum atomic E-state index is 12.4. The van der Waals surface area contributed by atoms with Crippen LogP contribution in [0.2, 0.25) is 0 Å². The minimum atomic E-state index is -1.74. The summed E-state index contributed by atoms with van der Waals surface area (Å²) >= 11 is 0. The van der Waals surface area contributed by atoms with Gasteiger partial charge in [-0.05, 0) is 30.6 Å². The standard InChI is InChI=1S/C16H26O7/c1-15(2)7-4-5-16(15,3)8(6-7)22-14(21)12-10(18)9(17)11(19)13(20)23-12/h7-13,17-20H,4-6H2,1-3H3/t7-,8-,9+,10-,11+,12+,13-,16+/m1/s1. The van der Waals surface area contributed by atoms with Crippen molar-refractivity contribution in [3.05, 3.63) is 0 Å². The first-order valence-corrected chi connectivity index (χ1v) is 8.18. The lowest BCUT2D eigenvalue weighted by Crippen LogP contribution is -2.60. The topological polar surface area (TPSA) is 116 Å². The fourth-order valence-corrected chi connectivity index (χ4v) is 4.57. The van der Waals surface area contributed by atoms with Gasteiger partial charge < -0.3 is 29.9 Å². The Morgan fingerprint density at radius 3 is 2.26 bits per heavy atom. The van der Waals surface area contributed by atoms with Crippen molar-refractivity contribution >= 4 is 5.97 Å². The molecule has 0 spiro atoms. The van der Waals surface area contributed by atoms with Gasteiger partial charge in [-0.2, -0.15) is 0 Å². The summed E-state index contributed by atoms with van der Waals surface area (Å²) in [6.45, 7) is 6.49. The Hall–Kier alpha value is -0.730. The quantitative estimate of drug-likeness (QED) is 0.506. The molecular weight excluding hydrogens is 304 g/mol. The molecule has 3 fully saturated rings. The van der Waals surface area contributed by atoms with Crippen LogP contribution in [0.3, 0.4) is 0 Å². The largest absolute Gasteiger partial charge is 0.460 e. The molecule has 2 bridgehead atoms. The molecule has 8 atom stereocenters. The number of hydrogen-bond donors (Lipinski definition) is 4. The van der Waals surface area contributed by atoms with Crippen molar-refractivity contribution < 1.29 is 34.7 Å². The van der Waals surface area contributed by atoms with Crippen molar-refractivity contribution in [3.63, 3.8) is 0 Å². The molecule has 2 aliphatic carbocycles. The third-order valence-corrected chi connectivity index (χ3v) is 6.79. The zero-order valence-electron chi connectivity index (χ0n) is 13.7. The molecule has 1 heterocycles. The van der Waals surface area contributed by atoms with Crippen molar-refractivity contribution in [3.8, 4) is 0 Å². The summed E-state index contributed by atoms with van der Waals surface area (Å²) in [4.78, 5) is 12.4.